The van der Waals surface area contributed by atoms with Crippen molar-refractivity contribution in [3.05, 3.63) is 52.9 Å². The molecule has 3 aromatic rings. The maximum atomic E-state index is 11.0. The quantitative estimate of drug-likeness (QED) is 0.794. The Bertz CT molecular complexity index is 717. The Hall–Kier alpha value is -2.40. The standard InChI is InChI=1S/C14H10N2O2S/c15-14(17)13-7-12(16-18-13)10-3-1-2-9(6-10)11-4-5-19-8-11/h1-8H,(H2,15,17). The van der Waals surface area contributed by atoms with Gasteiger partial charge in [0.15, 0.2) is 0 Å². The first kappa shape index (κ1) is 11.7. The van der Waals surface area contributed by atoms with Crippen LogP contribution in [0.3, 0.4) is 0 Å². The molecule has 4 nitrogen and oxygen atoms in total. The van der Waals surface area contributed by atoms with Crippen LogP contribution in [0.4, 0.5) is 0 Å². The fourth-order valence-corrected chi connectivity index (χ4v) is 2.48. The number of aromatic nitrogens is 1. The van der Waals surface area contributed by atoms with Crippen molar-refractivity contribution >= 4 is 17.2 Å². The normalized spacial score (nSPS) is 10.5. The van der Waals surface area contributed by atoms with E-state index in [9.17, 15) is 4.79 Å². The predicted octanol–water partition coefficient (Wildman–Crippen LogP) is 3.17. The van der Waals surface area contributed by atoms with Crippen LogP contribution in [0.15, 0.2) is 51.7 Å². The number of benzene rings is 1. The largest absolute Gasteiger partial charge is 0.363 e. The van der Waals surface area contributed by atoms with Crippen LogP contribution < -0.4 is 5.73 Å². The minimum absolute atomic E-state index is 0.0657. The molecule has 2 heterocycles. The third kappa shape index (κ3) is 2.28. The summed E-state index contributed by atoms with van der Waals surface area (Å²) in [5, 5.41) is 7.97. The predicted molar refractivity (Wildman–Crippen MR) is 73.8 cm³/mol. The number of carbonyl (C=O) groups is 1. The summed E-state index contributed by atoms with van der Waals surface area (Å²) in [6.07, 6.45) is 0. The Kier molecular flexibility index (Phi) is 2.89. The molecule has 1 amide bonds. The number of nitrogens with zero attached hydrogens (tertiary/aromatic N) is 1. The number of thiophene rings is 1. The number of primary amides is 1. The summed E-state index contributed by atoms with van der Waals surface area (Å²) in [7, 11) is 0. The highest BCUT2D eigenvalue weighted by Crippen LogP contribution is 2.27. The molecular weight excluding hydrogens is 260 g/mol. The monoisotopic (exact) mass is 270 g/mol. The van der Waals surface area contributed by atoms with Gasteiger partial charge in [-0.05, 0) is 34.0 Å². The van der Waals surface area contributed by atoms with E-state index in [1.807, 2.05) is 29.6 Å². The Morgan fingerprint density at radius 3 is 2.68 bits per heavy atom. The summed E-state index contributed by atoms with van der Waals surface area (Å²) in [4.78, 5) is 11.0. The molecule has 0 aliphatic heterocycles. The lowest BCUT2D eigenvalue weighted by Crippen LogP contribution is -2.09. The van der Waals surface area contributed by atoms with Crippen molar-refractivity contribution in [3.63, 3.8) is 0 Å². The molecule has 0 aliphatic carbocycles. The van der Waals surface area contributed by atoms with Gasteiger partial charge in [-0.1, -0.05) is 23.4 Å². The van der Waals surface area contributed by atoms with E-state index in [1.165, 1.54) is 0 Å². The highest BCUT2D eigenvalue weighted by molar-refractivity contribution is 7.08. The van der Waals surface area contributed by atoms with Crippen LogP contribution in [-0.2, 0) is 0 Å². The first-order chi connectivity index (χ1) is 9.24. The van der Waals surface area contributed by atoms with Crippen molar-refractivity contribution < 1.29 is 9.32 Å². The summed E-state index contributed by atoms with van der Waals surface area (Å²) in [5.74, 6) is -0.552. The van der Waals surface area contributed by atoms with Gasteiger partial charge in [-0.2, -0.15) is 11.3 Å². The smallest absolute Gasteiger partial charge is 0.287 e. The lowest BCUT2D eigenvalue weighted by Gasteiger charge is -2.00. The first-order valence-electron chi connectivity index (χ1n) is 5.63. The van der Waals surface area contributed by atoms with Crippen LogP contribution in [0.1, 0.15) is 10.6 Å². The van der Waals surface area contributed by atoms with Gasteiger partial charge in [0.05, 0.1) is 0 Å². The Balaban J connectivity index is 2.01. The van der Waals surface area contributed by atoms with Crippen molar-refractivity contribution in [1.82, 2.24) is 5.16 Å². The number of rotatable bonds is 3. The van der Waals surface area contributed by atoms with Gasteiger partial charge in [-0.25, -0.2) is 0 Å². The maximum absolute atomic E-state index is 11.0. The van der Waals surface area contributed by atoms with Crippen molar-refractivity contribution in [2.24, 2.45) is 5.73 Å². The molecule has 0 unspecified atom stereocenters. The van der Waals surface area contributed by atoms with Crippen LogP contribution in [0.2, 0.25) is 0 Å². The Morgan fingerprint density at radius 1 is 1.16 bits per heavy atom. The van der Waals surface area contributed by atoms with Gasteiger partial charge in [-0.3, -0.25) is 4.79 Å². The lowest BCUT2D eigenvalue weighted by atomic mass is 10.0. The van der Waals surface area contributed by atoms with E-state index in [0.29, 0.717) is 5.69 Å². The molecule has 0 fully saturated rings. The zero-order valence-electron chi connectivity index (χ0n) is 9.87. The minimum atomic E-state index is -0.618. The maximum Gasteiger partial charge on any atom is 0.287 e. The fraction of sp³-hybridized carbons (Fsp3) is 0. The molecule has 0 saturated heterocycles. The van der Waals surface area contributed by atoms with Crippen LogP contribution in [-0.4, -0.2) is 11.1 Å². The molecule has 0 spiro atoms. The molecule has 94 valence electrons. The second-order valence-corrected chi connectivity index (χ2v) is 4.81. The molecule has 0 saturated carbocycles. The highest BCUT2D eigenvalue weighted by Gasteiger charge is 2.11. The van der Waals surface area contributed by atoms with E-state index >= 15 is 0 Å². The molecule has 2 N–H and O–H groups in total. The SMILES string of the molecule is NC(=O)c1cc(-c2cccc(-c3ccsc3)c2)no1. The Morgan fingerprint density at radius 2 is 2.00 bits per heavy atom. The fourth-order valence-electron chi connectivity index (χ4n) is 1.81. The average molecular weight is 270 g/mol. The van der Waals surface area contributed by atoms with Gasteiger partial charge in [0.2, 0.25) is 5.76 Å². The molecule has 0 aliphatic rings. The number of hydrogen-bond donors (Lipinski definition) is 1. The molecule has 0 atom stereocenters. The van der Waals surface area contributed by atoms with E-state index in [0.717, 1.165) is 16.7 Å². The number of amides is 1. The second-order valence-electron chi connectivity index (χ2n) is 4.03. The average Bonchev–Trinajstić information content (AvgIpc) is 3.10. The third-order valence-corrected chi connectivity index (χ3v) is 3.45. The zero-order chi connectivity index (χ0) is 13.2. The molecule has 19 heavy (non-hydrogen) atoms. The van der Waals surface area contributed by atoms with Gasteiger partial charge in [-0.15, -0.1) is 0 Å². The zero-order valence-corrected chi connectivity index (χ0v) is 10.7. The molecule has 3 rings (SSSR count). The number of nitrogens with two attached hydrogens (primary N) is 1. The van der Waals surface area contributed by atoms with E-state index in [1.54, 1.807) is 17.4 Å². The topological polar surface area (TPSA) is 69.1 Å². The summed E-state index contributed by atoms with van der Waals surface area (Å²) in [6, 6.07) is 11.5. The van der Waals surface area contributed by atoms with Crippen LogP contribution in [0.5, 0.6) is 0 Å². The highest BCUT2D eigenvalue weighted by atomic mass is 32.1. The Labute approximate surface area is 113 Å². The minimum Gasteiger partial charge on any atom is -0.363 e. The van der Waals surface area contributed by atoms with Crippen LogP contribution in [0, 0.1) is 0 Å². The van der Waals surface area contributed by atoms with Crippen LogP contribution in [0.25, 0.3) is 22.4 Å². The van der Waals surface area contributed by atoms with Gasteiger partial charge < -0.3 is 10.3 Å². The molecule has 5 heteroatoms. The van der Waals surface area contributed by atoms with E-state index in [2.05, 4.69) is 16.6 Å². The number of carbonyl (C=O) groups excluding carboxylic acids is 1. The first-order valence-corrected chi connectivity index (χ1v) is 6.58. The van der Waals surface area contributed by atoms with Crippen molar-refractivity contribution in [2.75, 3.05) is 0 Å². The van der Waals surface area contributed by atoms with Crippen LogP contribution >= 0.6 is 11.3 Å². The summed E-state index contributed by atoms with van der Waals surface area (Å²) in [5.41, 5.74) is 8.89. The van der Waals surface area contributed by atoms with Crippen molar-refractivity contribution in [1.29, 1.82) is 0 Å². The van der Waals surface area contributed by atoms with Gasteiger partial charge in [0.1, 0.15) is 5.69 Å². The van der Waals surface area contributed by atoms with E-state index in [4.69, 9.17) is 10.3 Å². The molecule has 1 aromatic carbocycles. The van der Waals surface area contributed by atoms with Crippen molar-refractivity contribution in [3.8, 4) is 22.4 Å². The van der Waals surface area contributed by atoms with Gasteiger partial charge in [0.25, 0.3) is 5.91 Å². The lowest BCUT2D eigenvalue weighted by molar-refractivity contribution is 0.0965. The molecule has 0 radical (unpaired) electrons. The summed E-state index contributed by atoms with van der Waals surface area (Å²) < 4.78 is 4.89. The summed E-state index contributed by atoms with van der Waals surface area (Å²) >= 11 is 1.65. The summed E-state index contributed by atoms with van der Waals surface area (Å²) in [6.45, 7) is 0. The molecule has 2 aromatic heterocycles. The van der Waals surface area contributed by atoms with Crippen molar-refractivity contribution in [2.45, 2.75) is 0 Å². The second kappa shape index (κ2) is 4.70. The number of hydrogen-bond acceptors (Lipinski definition) is 4. The molecular formula is C14H10N2O2S. The third-order valence-electron chi connectivity index (χ3n) is 2.77. The van der Waals surface area contributed by atoms with Gasteiger partial charge >= 0.3 is 0 Å². The van der Waals surface area contributed by atoms with E-state index in [-0.39, 0.29) is 5.76 Å². The van der Waals surface area contributed by atoms with Gasteiger partial charge in [0, 0.05) is 11.6 Å². The van der Waals surface area contributed by atoms with E-state index < -0.39 is 5.91 Å². The molecule has 0 bridgehead atoms.